The van der Waals surface area contributed by atoms with E-state index in [1.54, 1.807) is 0 Å². The molecule has 3 unspecified atom stereocenters. The molecule has 0 spiro atoms. The van der Waals surface area contributed by atoms with Gasteiger partial charge in [-0.05, 0) is 45.7 Å². The number of aryl methyl sites for hydroxylation is 1. The number of piperidine rings is 1. The third-order valence-electron chi connectivity index (χ3n) is 5.25. The molecule has 25 heavy (non-hydrogen) atoms. The summed E-state index contributed by atoms with van der Waals surface area (Å²) in [5.41, 5.74) is 1.84. The van der Waals surface area contributed by atoms with E-state index in [-0.39, 0.29) is 29.9 Å². The van der Waals surface area contributed by atoms with Crippen molar-refractivity contribution in [3.63, 3.8) is 0 Å². The van der Waals surface area contributed by atoms with Gasteiger partial charge in [0.25, 0.3) is 5.91 Å². The van der Waals surface area contributed by atoms with E-state index in [4.69, 9.17) is 4.74 Å². The average Bonchev–Trinajstić information content (AvgIpc) is 2.63. The number of benzene rings is 1. The lowest BCUT2D eigenvalue weighted by Gasteiger charge is -2.41. The number of hydrogen-bond acceptors (Lipinski definition) is 3. The molecule has 2 amide bonds. The molecular weight excluding hydrogens is 316 g/mol. The standard InChI is InChI=1S/C20H28N2O3/c1-14-6-8-17(9-7-14)19(23)21-10-4-5-18(12-21)20(24)22-11-16(3)25-13-15(22)2/h6-9,15-16,18H,4-5,10-13H2,1-3H3. The first kappa shape index (κ1) is 17.9. The lowest BCUT2D eigenvalue weighted by Crippen LogP contribution is -2.54. The van der Waals surface area contributed by atoms with Gasteiger partial charge in [0.1, 0.15) is 0 Å². The summed E-state index contributed by atoms with van der Waals surface area (Å²) in [4.78, 5) is 29.5. The Morgan fingerprint density at radius 2 is 1.84 bits per heavy atom. The van der Waals surface area contributed by atoms with Crippen molar-refractivity contribution in [2.24, 2.45) is 5.92 Å². The smallest absolute Gasteiger partial charge is 0.253 e. The number of morpholine rings is 1. The zero-order chi connectivity index (χ0) is 18.0. The fourth-order valence-corrected chi connectivity index (χ4v) is 3.69. The maximum absolute atomic E-state index is 13.0. The van der Waals surface area contributed by atoms with E-state index in [9.17, 15) is 9.59 Å². The van der Waals surface area contributed by atoms with Crippen molar-refractivity contribution in [2.45, 2.75) is 45.8 Å². The molecule has 0 saturated carbocycles. The normalized spacial score (nSPS) is 27.2. The number of nitrogens with zero attached hydrogens (tertiary/aromatic N) is 2. The van der Waals surface area contributed by atoms with Gasteiger partial charge in [-0.2, -0.15) is 0 Å². The highest BCUT2D eigenvalue weighted by molar-refractivity contribution is 5.94. The molecule has 1 aromatic rings. The van der Waals surface area contributed by atoms with Crippen LogP contribution in [0.2, 0.25) is 0 Å². The summed E-state index contributed by atoms with van der Waals surface area (Å²) >= 11 is 0. The predicted molar refractivity (Wildman–Crippen MR) is 96.4 cm³/mol. The number of hydrogen-bond donors (Lipinski definition) is 0. The number of ether oxygens (including phenoxy) is 1. The number of rotatable bonds is 2. The topological polar surface area (TPSA) is 49.9 Å². The Morgan fingerprint density at radius 3 is 2.56 bits per heavy atom. The largest absolute Gasteiger partial charge is 0.375 e. The van der Waals surface area contributed by atoms with Crippen molar-refractivity contribution in [1.82, 2.24) is 9.80 Å². The van der Waals surface area contributed by atoms with Crippen LogP contribution in [0.15, 0.2) is 24.3 Å². The van der Waals surface area contributed by atoms with Gasteiger partial charge in [-0.25, -0.2) is 0 Å². The van der Waals surface area contributed by atoms with Crippen molar-refractivity contribution in [2.75, 3.05) is 26.2 Å². The second-order valence-corrected chi connectivity index (χ2v) is 7.44. The Labute approximate surface area is 149 Å². The highest BCUT2D eigenvalue weighted by Crippen LogP contribution is 2.23. The van der Waals surface area contributed by atoms with E-state index < -0.39 is 0 Å². The first-order valence-corrected chi connectivity index (χ1v) is 9.23. The SMILES string of the molecule is Cc1ccc(C(=O)N2CCCC(C(=O)N3CC(C)OCC3C)C2)cc1. The Morgan fingerprint density at radius 1 is 1.12 bits per heavy atom. The Bertz CT molecular complexity index is 628. The predicted octanol–water partition coefficient (Wildman–Crippen LogP) is 2.48. The molecule has 2 aliphatic rings. The minimum atomic E-state index is -0.101. The maximum Gasteiger partial charge on any atom is 0.253 e. The minimum absolute atomic E-state index is 0.0286. The molecule has 0 aromatic heterocycles. The second-order valence-electron chi connectivity index (χ2n) is 7.44. The van der Waals surface area contributed by atoms with E-state index in [2.05, 4.69) is 0 Å². The molecule has 2 fully saturated rings. The lowest BCUT2D eigenvalue weighted by molar-refractivity contribution is -0.149. The molecule has 5 heteroatoms. The van der Waals surface area contributed by atoms with Crippen molar-refractivity contribution >= 4 is 11.8 Å². The lowest BCUT2D eigenvalue weighted by atomic mass is 9.94. The van der Waals surface area contributed by atoms with Crippen LogP contribution in [0.3, 0.4) is 0 Å². The summed E-state index contributed by atoms with van der Waals surface area (Å²) in [7, 11) is 0. The van der Waals surface area contributed by atoms with Crippen molar-refractivity contribution < 1.29 is 14.3 Å². The van der Waals surface area contributed by atoms with Gasteiger partial charge in [0.15, 0.2) is 0 Å². The fraction of sp³-hybridized carbons (Fsp3) is 0.600. The van der Waals surface area contributed by atoms with Crippen molar-refractivity contribution in [3.05, 3.63) is 35.4 Å². The van der Waals surface area contributed by atoms with E-state index in [0.717, 1.165) is 24.9 Å². The molecular formula is C20H28N2O3. The Balaban J connectivity index is 1.67. The Hall–Kier alpha value is -1.88. The number of carbonyl (C=O) groups is 2. The molecule has 0 radical (unpaired) electrons. The Kier molecular flexibility index (Phi) is 5.42. The van der Waals surface area contributed by atoms with E-state index in [1.807, 2.05) is 54.8 Å². The third-order valence-corrected chi connectivity index (χ3v) is 5.25. The van der Waals surface area contributed by atoms with Gasteiger partial charge in [-0.1, -0.05) is 17.7 Å². The first-order valence-electron chi connectivity index (χ1n) is 9.23. The zero-order valence-electron chi connectivity index (χ0n) is 15.4. The van der Waals surface area contributed by atoms with Crippen molar-refractivity contribution in [3.8, 4) is 0 Å². The van der Waals surface area contributed by atoms with E-state index in [0.29, 0.717) is 25.3 Å². The van der Waals surface area contributed by atoms with Crippen LogP contribution in [-0.4, -0.2) is 60.0 Å². The van der Waals surface area contributed by atoms with Gasteiger partial charge >= 0.3 is 0 Å². The fourth-order valence-electron chi connectivity index (χ4n) is 3.69. The van der Waals surface area contributed by atoms with E-state index in [1.165, 1.54) is 0 Å². The first-order chi connectivity index (χ1) is 12.0. The minimum Gasteiger partial charge on any atom is -0.375 e. The number of likely N-dealkylation sites (tertiary alicyclic amines) is 1. The van der Waals surface area contributed by atoms with Crippen LogP contribution in [-0.2, 0) is 9.53 Å². The maximum atomic E-state index is 13.0. The molecule has 0 N–H and O–H groups in total. The highest BCUT2D eigenvalue weighted by Gasteiger charge is 2.35. The summed E-state index contributed by atoms with van der Waals surface area (Å²) in [6.07, 6.45) is 1.81. The molecule has 2 heterocycles. The molecule has 2 aliphatic heterocycles. The van der Waals surface area contributed by atoms with Crippen LogP contribution in [0.1, 0.15) is 42.6 Å². The molecule has 0 aliphatic carbocycles. The van der Waals surface area contributed by atoms with Gasteiger partial charge in [0.05, 0.1) is 24.7 Å². The van der Waals surface area contributed by atoms with Gasteiger partial charge in [0.2, 0.25) is 5.91 Å². The van der Waals surface area contributed by atoms with Crippen molar-refractivity contribution in [1.29, 1.82) is 0 Å². The van der Waals surface area contributed by atoms with Crippen LogP contribution in [0, 0.1) is 12.8 Å². The average molecular weight is 344 g/mol. The number of amides is 2. The summed E-state index contributed by atoms with van der Waals surface area (Å²) < 4.78 is 5.63. The molecule has 3 atom stereocenters. The van der Waals surface area contributed by atoms with Crippen LogP contribution in [0.5, 0.6) is 0 Å². The monoisotopic (exact) mass is 344 g/mol. The molecule has 136 valence electrons. The van der Waals surface area contributed by atoms with Crippen LogP contribution < -0.4 is 0 Å². The third kappa shape index (κ3) is 4.03. The van der Waals surface area contributed by atoms with E-state index >= 15 is 0 Å². The summed E-state index contributed by atoms with van der Waals surface area (Å²) in [5.74, 6) is 0.0980. The van der Waals surface area contributed by atoms with Gasteiger partial charge in [-0.3, -0.25) is 9.59 Å². The second kappa shape index (κ2) is 7.56. The molecule has 0 bridgehead atoms. The molecule has 5 nitrogen and oxygen atoms in total. The van der Waals surface area contributed by atoms with Gasteiger partial charge in [0, 0.05) is 25.2 Å². The summed E-state index contributed by atoms with van der Waals surface area (Å²) in [5, 5.41) is 0. The quantitative estimate of drug-likeness (QED) is 0.828. The molecule has 3 rings (SSSR count). The number of carbonyl (C=O) groups excluding carboxylic acids is 2. The van der Waals surface area contributed by atoms with Crippen LogP contribution in [0.4, 0.5) is 0 Å². The molecule has 2 saturated heterocycles. The van der Waals surface area contributed by atoms with Crippen LogP contribution >= 0.6 is 0 Å². The van der Waals surface area contributed by atoms with Gasteiger partial charge in [-0.15, -0.1) is 0 Å². The van der Waals surface area contributed by atoms with Gasteiger partial charge < -0.3 is 14.5 Å². The summed E-state index contributed by atoms with van der Waals surface area (Å²) in [6, 6.07) is 7.75. The zero-order valence-corrected chi connectivity index (χ0v) is 15.4. The molecule has 1 aromatic carbocycles. The highest BCUT2D eigenvalue weighted by atomic mass is 16.5. The summed E-state index contributed by atoms with van der Waals surface area (Å²) in [6.45, 7) is 8.51. The van der Waals surface area contributed by atoms with Crippen LogP contribution in [0.25, 0.3) is 0 Å².